The molecule has 0 saturated carbocycles. The first-order valence-corrected chi connectivity index (χ1v) is 9.65. The zero-order valence-electron chi connectivity index (χ0n) is 14.5. The van der Waals surface area contributed by atoms with Crippen LogP contribution in [0.1, 0.15) is 41.2 Å². The van der Waals surface area contributed by atoms with E-state index in [0.717, 1.165) is 30.9 Å². The number of likely N-dealkylation sites (tertiary alicyclic amines) is 1. The third-order valence-electron chi connectivity index (χ3n) is 4.25. The van der Waals surface area contributed by atoms with Gasteiger partial charge in [0.25, 0.3) is 5.91 Å². The first kappa shape index (κ1) is 18.3. The number of hydrogen-bond donors (Lipinski definition) is 3. The van der Waals surface area contributed by atoms with E-state index in [0.29, 0.717) is 23.6 Å². The molecule has 0 radical (unpaired) electrons. The van der Waals surface area contributed by atoms with Crippen molar-refractivity contribution in [3.8, 4) is 0 Å². The highest BCUT2D eigenvalue weighted by atomic mass is 32.1. The molecule has 1 aromatic carbocycles. The highest BCUT2D eigenvalue weighted by Crippen LogP contribution is 2.17. The summed E-state index contributed by atoms with van der Waals surface area (Å²) >= 11 is 1.36. The summed E-state index contributed by atoms with van der Waals surface area (Å²) in [7, 11) is 0. The van der Waals surface area contributed by atoms with Crippen molar-refractivity contribution in [2.75, 3.05) is 23.7 Å². The summed E-state index contributed by atoms with van der Waals surface area (Å²) in [4.78, 5) is 30.5. The van der Waals surface area contributed by atoms with Crippen LogP contribution in [0.2, 0.25) is 0 Å². The second-order valence-electron chi connectivity index (χ2n) is 6.19. The number of urea groups is 1. The minimum Gasteiger partial charge on any atom is -0.325 e. The van der Waals surface area contributed by atoms with Gasteiger partial charge in [-0.2, -0.15) is 0 Å². The van der Waals surface area contributed by atoms with E-state index in [-0.39, 0.29) is 11.9 Å². The number of nitrogens with two attached hydrogens (primary N) is 1. The van der Waals surface area contributed by atoms with Crippen LogP contribution in [0, 0.1) is 0 Å². The molecule has 1 fully saturated rings. The standard InChI is InChI=1S/C18H23N5O2S/c19-11-16-22-15(12-26-16)17(24)20-13-5-7-14(8-6-13)21-18(25)23-9-3-1-2-4-10-23/h5-8,12H,1-4,9-11,19H2,(H,20,24)(H,21,25). The van der Waals surface area contributed by atoms with E-state index in [2.05, 4.69) is 15.6 Å². The lowest BCUT2D eigenvalue weighted by Gasteiger charge is -2.20. The Kier molecular flexibility index (Phi) is 6.19. The van der Waals surface area contributed by atoms with E-state index in [4.69, 9.17) is 5.73 Å². The number of amides is 3. The number of carbonyl (C=O) groups excluding carboxylic acids is 2. The van der Waals surface area contributed by atoms with Crippen molar-refractivity contribution in [3.63, 3.8) is 0 Å². The third kappa shape index (κ3) is 4.80. The number of anilines is 2. The van der Waals surface area contributed by atoms with E-state index in [1.165, 1.54) is 24.2 Å². The van der Waals surface area contributed by atoms with Gasteiger partial charge in [-0.3, -0.25) is 4.79 Å². The fourth-order valence-electron chi connectivity index (χ4n) is 2.82. The monoisotopic (exact) mass is 373 g/mol. The lowest BCUT2D eigenvalue weighted by molar-refractivity contribution is 0.102. The molecule has 1 aromatic heterocycles. The van der Waals surface area contributed by atoms with Gasteiger partial charge in [-0.1, -0.05) is 12.8 Å². The Labute approximate surface area is 156 Å². The van der Waals surface area contributed by atoms with Gasteiger partial charge in [-0.05, 0) is 37.1 Å². The van der Waals surface area contributed by atoms with E-state index < -0.39 is 0 Å². The topological polar surface area (TPSA) is 100 Å². The molecule has 8 heteroatoms. The molecule has 0 atom stereocenters. The molecule has 4 N–H and O–H groups in total. The first-order valence-electron chi connectivity index (χ1n) is 8.77. The van der Waals surface area contributed by atoms with Gasteiger partial charge < -0.3 is 21.3 Å². The van der Waals surface area contributed by atoms with Crippen molar-refractivity contribution < 1.29 is 9.59 Å². The first-order chi connectivity index (χ1) is 12.7. The zero-order valence-corrected chi connectivity index (χ0v) is 15.3. The van der Waals surface area contributed by atoms with Crippen LogP contribution in [0.15, 0.2) is 29.6 Å². The second-order valence-corrected chi connectivity index (χ2v) is 7.14. The predicted octanol–water partition coefficient (Wildman–Crippen LogP) is 3.26. The predicted molar refractivity (Wildman–Crippen MR) is 103 cm³/mol. The van der Waals surface area contributed by atoms with Gasteiger partial charge in [0.15, 0.2) is 0 Å². The smallest absolute Gasteiger partial charge is 0.321 e. The normalized spacial score (nSPS) is 14.6. The van der Waals surface area contributed by atoms with Gasteiger partial charge in [0.1, 0.15) is 10.7 Å². The number of nitrogens with zero attached hydrogens (tertiary/aromatic N) is 2. The molecular formula is C18H23N5O2S. The molecule has 2 aromatic rings. The number of nitrogens with one attached hydrogen (secondary N) is 2. The van der Waals surface area contributed by atoms with Crippen molar-refractivity contribution in [3.05, 3.63) is 40.3 Å². The third-order valence-corrected chi connectivity index (χ3v) is 5.12. The molecule has 1 saturated heterocycles. The highest BCUT2D eigenvalue weighted by molar-refractivity contribution is 7.09. The van der Waals surface area contributed by atoms with Crippen LogP contribution in [-0.2, 0) is 6.54 Å². The van der Waals surface area contributed by atoms with Gasteiger partial charge in [-0.15, -0.1) is 11.3 Å². The molecule has 1 aliphatic heterocycles. The van der Waals surface area contributed by atoms with Gasteiger partial charge in [0.05, 0.1) is 0 Å². The molecule has 0 unspecified atom stereocenters. The molecule has 3 amide bonds. The molecule has 0 aliphatic carbocycles. The van der Waals surface area contributed by atoms with E-state index >= 15 is 0 Å². The molecular weight excluding hydrogens is 350 g/mol. The summed E-state index contributed by atoms with van der Waals surface area (Å²) < 4.78 is 0. The molecule has 0 spiro atoms. The number of benzene rings is 1. The van der Waals surface area contributed by atoms with Gasteiger partial charge >= 0.3 is 6.03 Å². The Morgan fingerprint density at radius 2 is 1.65 bits per heavy atom. The van der Waals surface area contributed by atoms with Crippen molar-refractivity contribution >= 4 is 34.6 Å². The quantitative estimate of drug-likeness (QED) is 0.766. The zero-order chi connectivity index (χ0) is 18.4. The van der Waals surface area contributed by atoms with Crippen LogP contribution in [0.5, 0.6) is 0 Å². The summed E-state index contributed by atoms with van der Waals surface area (Å²) in [5.74, 6) is -0.276. The van der Waals surface area contributed by atoms with Gasteiger partial charge in [0, 0.05) is 36.4 Å². The Bertz CT molecular complexity index is 751. The van der Waals surface area contributed by atoms with Crippen molar-refractivity contribution in [2.24, 2.45) is 5.73 Å². The fraction of sp³-hybridized carbons (Fsp3) is 0.389. The molecule has 2 heterocycles. The maximum atomic E-state index is 12.3. The Hall–Kier alpha value is -2.45. The number of carbonyl (C=O) groups is 2. The maximum absolute atomic E-state index is 12.3. The average Bonchev–Trinajstić information content (AvgIpc) is 2.97. The lowest BCUT2D eigenvalue weighted by Crippen LogP contribution is -2.35. The van der Waals surface area contributed by atoms with Crippen LogP contribution < -0.4 is 16.4 Å². The van der Waals surface area contributed by atoms with Crippen LogP contribution in [0.3, 0.4) is 0 Å². The molecule has 1 aliphatic rings. The largest absolute Gasteiger partial charge is 0.325 e. The van der Waals surface area contributed by atoms with Crippen molar-refractivity contribution in [1.29, 1.82) is 0 Å². The summed E-state index contributed by atoms with van der Waals surface area (Å²) in [6.45, 7) is 1.93. The van der Waals surface area contributed by atoms with Gasteiger partial charge in [-0.25, -0.2) is 9.78 Å². The average molecular weight is 373 g/mol. The molecule has 7 nitrogen and oxygen atoms in total. The summed E-state index contributed by atoms with van der Waals surface area (Å²) in [6, 6.07) is 6.99. The number of hydrogen-bond acceptors (Lipinski definition) is 5. The summed E-state index contributed by atoms with van der Waals surface area (Å²) in [5, 5.41) is 8.11. The summed E-state index contributed by atoms with van der Waals surface area (Å²) in [6.07, 6.45) is 4.48. The summed E-state index contributed by atoms with van der Waals surface area (Å²) in [5.41, 5.74) is 7.22. The second kappa shape index (κ2) is 8.77. The minimum atomic E-state index is -0.276. The van der Waals surface area contributed by atoms with Crippen LogP contribution in [0.4, 0.5) is 16.2 Å². The van der Waals surface area contributed by atoms with Gasteiger partial charge in [0.2, 0.25) is 0 Å². The van der Waals surface area contributed by atoms with Crippen LogP contribution >= 0.6 is 11.3 Å². The highest BCUT2D eigenvalue weighted by Gasteiger charge is 2.15. The SMILES string of the molecule is NCc1nc(C(=O)Nc2ccc(NC(=O)N3CCCCCC3)cc2)cs1. The Morgan fingerprint density at radius 1 is 1.04 bits per heavy atom. The number of rotatable bonds is 4. The Balaban J connectivity index is 1.55. The van der Waals surface area contributed by atoms with Crippen molar-refractivity contribution in [1.82, 2.24) is 9.88 Å². The molecule has 0 bridgehead atoms. The lowest BCUT2D eigenvalue weighted by atomic mass is 10.2. The van der Waals surface area contributed by atoms with Crippen LogP contribution in [-0.4, -0.2) is 34.9 Å². The van der Waals surface area contributed by atoms with E-state index in [1.807, 2.05) is 4.90 Å². The van der Waals surface area contributed by atoms with Crippen LogP contribution in [0.25, 0.3) is 0 Å². The van der Waals surface area contributed by atoms with Crippen molar-refractivity contribution in [2.45, 2.75) is 32.2 Å². The molecule has 26 heavy (non-hydrogen) atoms. The molecule has 3 rings (SSSR count). The van der Waals surface area contributed by atoms with E-state index in [9.17, 15) is 9.59 Å². The molecule has 138 valence electrons. The number of thiazole rings is 1. The fourth-order valence-corrected chi connectivity index (χ4v) is 3.47. The Morgan fingerprint density at radius 3 is 2.23 bits per heavy atom. The maximum Gasteiger partial charge on any atom is 0.321 e. The minimum absolute atomic E-state index is 0.0690. The van der Waals surface area contributed by atoms with E-state index in [1.54, 1.807) is 29.6 Å². The number of aromatic nitrogens is 1.